The van der Waals surface area contributed by atoms with Crippen molar-refractivity contribution in [2.24, 2.45) is 0 Å². The summed E-state index contributed by atoms with van der Waals surface area (Å²) in [5.41, 5.74) is 1.90. The zero-order valence-corrected chi connectivity index (χ0v) is 11.8. The monoisotopic (exact) mass is 285 g/mol. The Hall–Kier alpha value is -1.72. The molecule has 1 atom stereocenters. The normalized spacial score (nSPS) is 19.5. The van der Waals surface area contributed by atoms with E-state index in [1.807, 2.05) is 18.3 Å². The van der Waals surface area contributed by atoms with E-state index in [4.69, 9.17) is 9.72 Å². The molecule has 0 saturated carbocycles. The topological polar surface area (TPSA) is 39.9 Å². The molecule has 1 aliphatic rings. The number of hydrogen-bond acceptors (Lipinski definition) is 4. The summed E-state index contributed by atoms with van der Waals surface area (Å²) in [7, 11) is 0. The first-order chi connectivity index (χ1) is 9.93. The van der Waals surface area contributed by atoms with Crippen molar-refractivity contribution >= 4 is 22.5 Å². The molecule has 0 amide bonds. The highest BCUT2D eigenvalue weighted by molar-refractivity contribution is 7.12. The lowest BCUT2D eigenvalue weighted by molar-refractivity contribution is 0.0778. The molecule has 0 bridgehead atoms. The van der Waals surface area contributed by atoms with Gasteiger partial charge < -0.3 is 4.74 Å². The summed E-state index contributed by atoms with van der Waals surface area (Å²) < 4.78 is 7.83. The van der Waals surface area contributed by atoms with Gasteiger partial charge in [-0.2, -0.15) is 0 Å². The van der Waals surface area contributed by atoms with E-state index in [0.717, 1.165) is 43.0 Å². The number of imidazole rings is 1. The average Bonchev–Trinajstić information content (AvgIpc) is 3.14. The quantitative estimate of drug-likeness (QED) is 0.724. The predicted octanol–water partition coefficient (Wildman–Crippen LogP) is 3.38. The van der Waals surface area contributed by atoms with Crippen LogP contribution in [0.25, 0.3) is 16.2 Å². The molecule has 0 spiro atoms. The molecule has 3 aromatic heterocycles. The summed E-state index contributed by atoms with van der Waals surface area (Å²) in [6, 6.07) is 8.15. The van der Waals surface area contributed by atoms with E-state index in [1.165, 1.54) is 5.00 Å². The third kappa shape index (κ3) is 1.94. The number of fused-ring (bicyclic) bond motifs is 1. The lowest BCUT2D eigenvalue weighted by Gasteiger charge is -2.22. The number of hydrogen-bond donors (Lipinski definition) is 0. The number of aromatic nitrogens is 3. The van der Waals surface area contributed by atoms with Gasteiger partial charge in [0.25, 0.3) is 0 Å². The van der Waals surface area contributed by atoms with Crippen LogP contribution in [0.4, 0.5) is 0 Å². The minimum absolute atomic E-state index is 0.361. The zero-order chi connectivity index (χ0) is 13.4. The minimum Gasteiger partial charge on any atom is -0.381 e. The second kappa shape index (κ2) is 5.00. The van der Waals surface area contributed by atoms with Gasteiger partial charge >= 0.3 is 0 Å². The molecule has 0 aliphatic carbocycles. The van der Waals surface area contributed by atoms with Gasteiger partial charge in [0.05, 0.1) is 6.61 Å². The van der Waals surface area contributed by atoms with Crippen molar-refractivity contribution in [3.05, 3.63) is 41.7 Å². The van der Waals surface area contributed by atoms with Crippen LogP contribution in [0.5, 0.6) is 0 Å². The van der Waals surface area contributed by atoms with Crippen molar-refractivity contribution in [2.45, 2.75) is 18.8 Å². The zero-order valence-electron chi connectivity index (χ0n) is 11.0. The molecular weight excluding hydrogens is 270 g/mol. The first-order valence-electron chi connectivity index (χ1n) is 6.88. The second-order valence-electron chi connectivity index (χ2n) is 5.02. The molecule has 0 aromatic carbocycles. The van der Waals surface area contributed by atoms with Crippen LogP contribution in [0.3, 0.4) is 0 Å². The molecule has 1 saturated heterocycles. The maximum Gasteiger partial charge on any atom is 0.165 e. The highest BCUT2D eigenvalue weighted by Gasteiger charge is 2.24. The summed E-state index contributed by atoms with van der Waals surface area (Å²) in [6.07, 6.45) is 4.07. The van der Waals surface area contributed by atoms with Gasteiger partial charge in [-0.05, 0) is 42.5 Å². The van der Waals surface area contributed by atoms with Crippen molar-refractivity contribution in [1.29, 1.82) is 0 Å². The fourth-order valence-electron chi connectivity index (χ4n) is 2.76. The van der Waals surface area contributed by atoms with Crippen LogP contribution in [0.2, 0.25) is 0 Å². The van der Waals surface area contributed by atoms with Crippen LogP contribution in [0.1, 0.15) is 24.6 Å². The predicted molar refractivity (Wildman–Crippen MR) is 79.5 cm³/mol. The standard InChI is InChI=1S/C15H15N3OS/c1-5-12-15(16-7-1)18(13-6-3-9-20-13)14(17-12)11-4-2-8-19-10-11/h1,3,5-7,9,11H,2,4,8,10H2. The van der Waals surface area contributed by atoms with Gasteiger partial charge in [0.2, 0.25) is 0 Å². The van der Waals surface area contributed by atoms with Crippen molar-refractivity contribution < 1.29 is 4.74 Å². The summed E-state index contributed by atoms with van der Waals surface area (Å²) in [5, 5.41) is 3.26. The van der Waals surface area contributed by atoms with Crippen molar-refractivity contribution in [3.63, 3.8) is 0 Å². The number of thiophene rings is 1. The van der Waals surface area contributed by atoms with E-state index in [0.29, 0.717) is 5.92 Å². The molecule has 4 nitrogen and oxygen atoms in total. The van der Waals surface area contributed by atoms with E-state index in [-0.39, 0.29) is 0 Å². The Labute approximate surface area is 121 Å². The fraction of sp³-hybridized carbons (Fsp3) is 0.333. The summed E-state index contributed by atoms with van der Waals surface area (Å²) >= 11 is 1.72. The van der Waals surface area contributed by atoms with Crippen LogP contribution in [0.15, 0.2) is 35.8 Å². The molecule has 1 unspecified atom stereocenters. The van der Waals surface area contributed by atoms with E-state index < -0.39 is 0 Å². The first kappa shape index (κ1) is 12.1. The smallest absolute Gasteiger partial charge is 0.165 e. The third-order valence-electron chi connectivity index (χ3n) is 3.69. The summed E-state index contributed by atoms with van der Waals surface area (Å²) in [4.78, 5) is 9.34. The van der Waals surface area contributed by atoms with E-state index >= 15 is 0 Å². The molecule has 1 aliphatic heterocycles. The number of rotatable bonds is 2. The fourth-order valence-corrected chi connectivity index (χ4v) is 3.50. The lowest BCUT2D eigenvalue weighted by Crippen LogP contribution is -2.18. The van der Waals surface area contributed by atoms with Gasteiger partial charge in [-0.25, -0.2) is 9.97 Å². The Bertz CT molecular complexity index is 714. The molecule has 1 fully saturated rings. The first-order valence-corrected chi connectivity index (χ1v) is 7.76. The molecule has 4 heterocycles. The van der Waals surface area contributed by atoms with Crippen LogP contribution in [0, 0.1) is 0 Å². The van der Waals surface area contributed by atoms with Crippen LogP contribution in [-0.4, -0.2) is 27.7 Å². The average molecular weight is 285 g/mol. The van der Waals surface area contributed by atoms with Crippen LogP contribution in [-0.2, 0) is 4.74 Å². The van der Waals surface area contributed by atoms with Gasteiger partial charge in [-0.3, -0.25) is 4.57 Å². The Morgan fingerprint density at radius 2 is 2.30 bits per heavy atom. The Kier molecular flexibility index (Phi) is 3.01. The van der Waals surface area contributed by atoms with E-state index in [2.05, 4.69) is 27.1 Å². The number of ether oxygens (including phenoxy) is 1. The van der Waals surface area contributed by atoms with E-state index in [9.17, 15) is 0 Å². The van der Waals surface area contributed by atoms with Gasteiger partial charge in [0.15, 0.2) is 5.65 Å². The molecule has 0 radical (unpaired) electrons. The molecule has 20 heavy (non-hydrogen) atoms. The Morgan fingerprint density at radius 1 is 1.30 bits per heavy atom. The summed E-state index contributed by atoms with van der Waals surface area (Å²) in [5.74, 6) is 1.45. The summed E-state index contributed by atoms with van der Waals surface area (Å²) in [6.45, 7) is 1.63. The molecule has 4 rings (SSSR count). The SMILES string of the molecule is c1csc(-n2c(C3CCCOC3)nc3cccnc32)c1. The molecular formula is C15H15N3OS. The van der Waals surface area contributed by atoms with Gasteiger partial charge in [-0.1, -0.05) is 0 Å². The molecule has 3 aromatic rings. The van der Waals surface area contributed by atoms with Crippen molar-refractivity contribution in [3.8, 4) is 5.00 Å². The number of nitrogens with zero attached hydrogens (tertiary/aromatic N) is 3. The van der Waals surface area contributed by atoms with E-state index in [1.54, 1.807) is 11.3 Å². The lowest BCUT2D eigenvalue weighted by atomic mass is 10.0. The Balaban J connectivity index is 1.92. The largest absolute Gasteiger partial charge is 0.381 e. The molecule has 102 valence electrons. The molecule has 0 N–H and O–H groups in total. The minimum atomic E-state index is 0.361. The number of pyridine rings is 1. The van der Waals surface area contributed by atoms with Gasteiger partial charge in [0.1, 0.15) is 16.3 Å². The van der Waals surface area contributed by atoms with Crippen LogP contribution >= 0.6 is 11.3 Å². The molecule has 5 heteroatoms. The second-order valence-corrected chi connectivity index (χ2v) is 5.94. The Morgan fingerprint density at radius 3 is 3.10 bits per heavy atom. The maximum atomic E-state index is 5.63. The van der Waals surface area contributed by atoms with Gasteiger partial charge in [0, 0.05) is 18.7 Å². The maximum absolute atomic E-state index is 5.63. The third-order valence-corrected chi connectivity index (χ3v) is 4.55. The highest BCUT2D eigenvalue weighted by Crippen LogP contribution is 2.31. The van der Waals surface area contributed by atoms with Crippen molar-refractivity contribution in [1.82, 2.24) is 14.5 Å². The van der Waals surface area contributed by atoms with Crippen molar-refractivity contribution in [2.75, 3.05) is 13.2 Å². The van der Waals surface area contributed by atoms with Gasteiger partial charge in [-0.15, -0.1) is 11.3 Å². The van der Waals surface area contributed by atoms with Crippen LogP contribution < -0.4 is 0 Å². The highest BCUT2D eigenvalue weighted by atomic mass is 32.1.